The molecule has 0 aromatic heterocycles. The van der Waals surface area contributed by atoms with Crippen molar-refractivity contribution in [1.29, 1.82) is 0 Å². The molecular weight excluding hydrogens is 296 g/mol. The van der Waals surface area contributed by atoms with E-state index in [0.29, 0.717) is 10.6 Å². The maximum atomic E-state index is 12.4. The number of nitro groups is 1. The fraction of sp³-hybridized carbons (Fsp3) is 0.385. The van der Waals surface area contributed by atoms with Gasteiger partial charge in [0.15, 0.2) is 0 Å². The number of carboxylic acids is 1. The van der Waals surface area contributed by atoms with Gasteiger partial charge in [-0.2, -0.15) is 0 Å². The molecule has 1 aromatic carbocycles. The fourth-order valence-corrected chi connectivity index (χ4v) is 2.39. The third-order valence-corrected chi connectivity index (χ3v) is 3.92. The summed E-state index contributed by atoms with van der Waals surface area (Å²) in [7, 11) is 1.36. The molecular formula is C13H16N2O5S. The first-order valence-electron chi connectivity index (χ1n) is 6.20. The Balaban J connectivity index is 3.24. The Bertz CT molecular complexity index is 576. The first-order chi connectivity index (χ1) is 9.79. The van der Waals surface area contributed by atoms with Crippen LogP contribution >= 0.6 is 11.8 Å². The van der Waals surface area contributed by atoms with E-state index >= 15 is 0 Å². The number of benzene rings is 1. The van der Waals surface area contributed by atoms with Crippen molar-refractivity contribution in [2.45, 2.75) is 24.8 Å². The van der Waals surface area contributed by atoms with Crippen LogP contribution in [0.25, 0.3) is 0 Å². The molecule has 0 saturated heterocycles. The number of carbonyl (C=O) groups excluding carboxylic acids is 1. The molecule has 8 heteroatoms. The number of non-ortho nitro benzene ring substituents is 1. The summed E-state index contributed by atoms with van der Waals surface area (Å²) in [6.07, 6.45) is 0. The van der Waals surface area contributed by atoms with E-state index in [2.05, 4.69) is 0 Å². The maximum absolute atomic E-state index is 12.4. The predicted octanol–water partition coefficient (Wildman–Crippen LogP) is 2.25. The normalized spacial score (nSPS) is 11.8. The van der Waals surface area contributed by atoms with E-state index in [-0.39, 0.29) is 11.3 Å². The second kappa shape index (κ2) is 7.07. The summed E-state index contributed by atoms with van der Waals surface area (Å²) in [5, 5.41) is 19.8. The summed E-state index contributed by atoms with van der Waals surface area (Å²) in [5.74, 6) is -0.999. The lowest BCUT2D eigenvalue weighted by Crippen LogP contribution is -2.40. The van der Waals surface area contributed by atoms with Gasteiger partial charge in [-0.05, 0) is 18.7 Å². The van der Waals surface area contributed by atoms with Crippen LogP contribution in [0, 0.1) is 10.1 Å². The average molecular weight is 312 g/mol. The zero-order valence-electron chi connectivity index (χ0n) is 11.9. The standard InChI is InChI=1S/C13H16N2O5S/c1-4-21-11-6-5-9(15(19)20)7-10(11)12(16)14(3)8(2)13(17)18/h5-8H,4H2,1-3H3,(H,17,18). The lowest BCUT2D eigenvalue weighted by Gasteiger charge is -2.22. The summed E-state index contributed by atoms with van der Waals surface area (Å²) >= 11 is 1.37. The number of aliphatic carboxylic acids is 1. The van der Waals surface area contributed by atoms with Crippen molar-refractivity contribution in [3.63, 3.8) is 0 Å². The first-order valence-corrected chi connectivity index (χ1v) is 7.19. The number of likely N-dealkylation sites (N-methyl/N-ethyl adjacent to an activating group) is 1. The molecule has 21 heavy (non-hydrogen) atoms. The molecule has 0 aliphatic carbocycles. The van der Waals surface area contributed by atoms with Crippen LogP contribution in [0.4, 0.5) is 5.69 Å². The molecule has 1 N–H and O–H groups in total. The number of hydrogen-bond donors (Lipinski definition) is 1. The quantitative estimate of drug-likeness (QED) is 0.491. The molecule has 0 saturated carbocycles. The van der Waals surface area contributed by atoms with Gasteiger partial charge in [0.25, 0.3) is 11.6 Å². The monoisotopic (exact) mass is 312 g/mol. The van der Waals surface area contributed by atoms with E-state index in [1.54, 1.807) is 0 Å². The number of nitro benzene ring substituents is 1. The number of carbonyl (C=O) groups is 2. The Morgan fingerprint density at radius 2 is 2.10 bits per heavy atom. The SMILES string of the molecule is CCSc1ccc([N+](=O)[O-])cc1C(=O)N(C)C(C)C(=O)O. The summed E-state index contributed by atoms with van der Waals surface area (Å²) < 4.78 is 0. The zero-order chi connectivity index (χ0) is 16.2. The predicted molar refractivity (Wildman–Crippen MR) is 78.7 cm³/mol. The Labute approximate surface area is 126 Å². The van der Waals surface area contributed by atoms with Crippen LogP contribution in [0.3, 0.4) is 0 Å². The van der Waals surface area contributed by atoms with Crippen LogP contribution in [-0.2, 0) is 4.79 Å². The van der Waals surface area contributed by atoms with E-state index in [0.717, 1.165) is 4.90 Å². The van der Waals surface area contributed by atoms with Gasteiger partial charge in [0, 0.05) is 24.1 Å². The van der Waals surface area contributed by atoms with Gasteiger partial charge >= 0.3 is 5.97 Å². The molecule has 1 unspecified atom stereocenters. The van der Waals surface area contributed by atoms with Gasteiger partial charge in [-0.25, -0.2) is 4.79 Å². The highest BCUT2D eigenvalue weighted by atomic mass is 32.2. The second-order valence-corrected chi connectivity index (χ2v) is 5.61. The van der Waals surface area contributed by atoms with Crippen LogP contribution in [0.15, 0.2) is 23.1 Å². The number of carboxylic acid groups (broad SMARTS) is 1. The minimum absolute atomic E-state index is 0.145. The van der Waals surface area contributed by atoms with Crippen molar-refractivity contribution < 1.29 is 19.6 Å². The van der Waals surface area contributed by atoms with Crippen molar-refractivity contribution in [2.75, 3.05) is 12.8 Å². The van der Waals surface area contributed by atoms with Gasteiger partial charge in [-0.3, -0.25) is 14.9 Å². The number of amides is 1. The van der Waals surface area contributed by atoms with E-state index in [1.807, 2.05) is 6.92 Å². The molecule has 1 rings (SSSR count). The summed E-state index contributed by atoms with van der Waals surface area (Å²) in [6, 6.07) is 3.01. The Kier molecular flexibility index (Phi) is 5.71. The van der Waals surface area contributed by atoms with Crippen LogP contribution in [0.1, 0.15) is 24.2 Å². The van der Waals surface area contributed by atoms with E-state index in [4.69, 9.17) is 5.11 Å². The maximum Gasteiger partial charge on any atom is 0.326 e. The highest BCUT2D eigenvalue weighted by Gasteiger charge is 2.26. The summed E-state index contributed by atoms with van der Waals surface area (Å²) in [6.45, 7) is 3.27. The van der Waals surface area contributed by atoms with Crippen molar-refractivity contribution in [3.05, 3.63) is 33.9 Å². The largest absolute Gasteiger partial charge is 0.480 e. The van der Waals surface area contributed by atoms with E-state index < -0.39 is 22.8 Å². The summed E-state index contributed by atoms with van der Waals surface area (Å²) in [4.78, 5) is 35.2. The van der Waals surface area contributed by atoms with Crippen LogP contribution in [0.2, 0.25) is 0 Å². The van der Waals surface area contributed by atoms with Crippen LogP contribution in [-0.4, -0.2) is 45.6 Å². The van der Waals surface area contributed by atoms with Crippen LogP contribution < -0.4 is 0 Å². The van der Waals surface area contributed by atoms with Gasteiger partial charge in [0.05, 0.1) is 10.5 Å². The lowest BCUT2D eigenvalue weighted by molar-refractivity contribution is -0.384. The third-order valence-electron chi connectivity index (χ3n) is 2.96. The number of hydrogen-bond acceptors (Lipinski definition) is 5. The molecule has 0 fully saturated rings. The topological polar surface area (TPSA) is 101 Å². The van der Waals surface area contributed by atoms with Gasteiger partial charge in [0.1, 0.15) is 6.04 Å². The molecule has 1 aromatic rings. The molecule has 1 atom stereocenters. The lowest BCUT2D eigenvalue weighted by atomic mass is 10.1. The van der Waals surface area contributed by atoms with E-state index in [9.17, 15) is 19.7 Å². The van der Waals surface area contributed by atoms with Crippen molar-refractivity contribution in [3.8, 4) is 0 Å². The van der Waals surface area contributed by atoms with Crippen molar-refractivity contribution >= 4 is 29.3 Å². The van der Waals surface area contributed by atoms with Gasteiger partial charge in [0.2, 0.25) is 0 Å². The molecule has 0 aliphatic heterocycles. The molecule has 0 spiro atoms. The highest BCUT2D eigenvalue weighted by Crippen LogP contribution is 2.27. The second-order valence-electron chi connectivity index (χ2n) is 4.30. The minimum Gasteiger partial charge on any atom is -0.480 e. The third kappa shape index (κ3) is 3.94. The molecule has 0 radical (unpaired) electrons. The molecule has 0 heterocycles. The fourth-order valence-electron chi connectivity index (χ4n) is 1.61. The van der Waals surface area contributed by atoms with Crippen LogP contribution in [0.5, 0.6) is 0 Å². The molecule has 114 valence electrons. The Morgan fingerprint density at radius 1 is 1.48 bits per heavy atom. The van der Waals surface area contributed by atoms with Crippen molar-refractivity contribution in [1.82, 2.24) is 4.90 Å². The summed E-state index contributed by atoms with van der Waals surface area (Å²) in [5.41, 5.74) is -0.0539. The molecule has 0 bridgehead atoms. The van der Waals surface area contributed by atoms with Gasteiger partial charge in [-0.1, -0.05) is 6.92 Å². The minimum atomic E-state index is -1.14. The Hall–Kier alpha value is -2.09. The molecule has 0 aliphatic rings. The smallest absolute Gasteiger partial charge is 0.326 e. The number of rotatable bonds is 6. The van der Waals surface area contributed by atoms with Gasteiger partial charge in [-0.15, -0.1) is 11.8 Å². The van der Waals surface area contributed by atoms with E-state index in [1.165, 1.54) is 43.9 Å². The number of thioether (sulfide) groups is 1. The Morgan fingerprint density at radius 3 is 2.57 bits per heavy atom. The molecule has 1 amide bonds. The average Bonchev–Trinajstić information content (AvgIpc) is 2.45. The highest BCUT2D eigenvalue weighted by molar-refractivity contribution is 7.99. The first kappa shape index (κ1) is 17.0. The number of nitrogens with zero attached hydrogens (tertiary/aromatic N) is 2. The van der Waals surface area contributed by atoms with Gasteiger partial charge < -0.3 is 10.0 Å². The molecule has 7 nitrogen and oxygen atoms in total. The zero-order valence-corrected chi connectivity index (χ0v) is 12.7. The van der Waals surface area contributed by atoms with Crippen molar-refractivity contribution in [2.24, 2.45) is 0 Å².